The Labute approximate surface area is 131 Å². The van der Waals surface area contributed by atoms with Gasteiger partial charge in [0.1, 0.15) is 0 Å². The van der Waals surface area contributed by atoms with Gasteiger partial charge >= 0.3 is 0 Å². The summed E-state index contributed by atoms with van der Waals surface area (Å²) in [5.41, 5.74) is 0.749. The molecule has 0 aliphatic rings. The molecule has 0 heterocycles. The van der Waals surface area contributed by atoms with Crippen molar-refractivity contribution in [1.29, 1.82) is 0 Å². The largest absolute Gasteiger partial charge is 0.339 e. The van der Waals surface area contributed by atoms with Gasteiger partial charge in [0.05, 0.1) is 0 Å². The topological polar surface area (TPSA) is 37.3 Å². The summed E-state index contributed by atoms with van der Waals surface area (Å²) >= 11 is 1.21. The molecule has 3 unspecified atom stereocenters. The molecule has 0 aliphatic carbocycles. The van der Waals surface area contributed by atoms with Crippen LogP contribution in [0.2, 0.25) is 0 Å². The zero-order chi connectivity index (χ0) is 16.0. The lowest BCUT2D eigenvalue weighted by Crippen LogP contribution is -2.19. The van der Waals surface area contributed by atoms with Crippen LogP contribution in [0.25, 0.3) is 0 Å². The molecule has 0 saturated heterocycles. The molecule has 0 rings (SSSR count). The number of rotatable bonds is 9. The summed E-state index contributed by atoms with van der Waals surface area (Å²) in [5, 5.41) is 0. The van der Waals surface area contributed by atoms with Crippen molar-refractivity contribution in [2.75, 3.05) is 5.75 Å². The lowest BCUT2D eigenvalue weighted by molar-refractivity contribution is 0.221. The van der Waals surface area contributed by atoms with Crippen LogP contribution < -0.4 is 0 Å². The van der Waals surface area contributed by atoms with E-state index in [1.54, 1.807) is 0 Å². The molecule has 0 aromatic rings. The van der Waals surface area contributed by atoms with E-state index in [1.165, 1.54) is 30.6 Å². The first-order valence-electron chi connectivity index (χ1n) is 7.77. The normalized spacial score (nSPS) is 17.8. The summed E-state index contributed by atoms with van der Waals surface area (Å²) in [4.78, 5) is 8.89. The highest BCUT2D eigenvalue weighted by Crippen LogP contribution is 2.39. The van der Waals surface area contributed by atoms with Gasteiger partial charge in [-0.3, -0.25) is 4.57 Å². The molecule has 0 aromatic carbocycles. The highest BCUT2D eigenvalue weighted by Gasteiger charge is 2.23. The van der Waals surface area contributed by atoms with Crippen LogP contribution in [-0.4, -0.2) is 10.6 Å². The van der Waals surface area contributed by atoms with E-state index in [0.717, 1.165) is 18.1 Å². The predicted octanol–water partition coefficient (Wildman–Crippen LogP) is 6.01. The summed E-state index contributed by atoms with van der Waals surface area (Å²) in [5.74, 6) is 2.08. The van der Waals surface area contributed by atoms with Crippen molar-refractivity contribution < 1.29 is 9.46 Å². The smallest absolute Gasteiger partial charge is 0.243 e. The van der Waals surface area contributed by atoms with Crippen LogP contribution >= 0.6 is 18.6 Å². The molecule has 0 aromatic heterocycles. The Morgan fingerprint density at radius 3 is 2.05 bits per heavy atom. The maximum absolute atomic E-state index is 10.8. The minimum atomic E-state index is -2.36. The molecule has 0 saturated carbocycles. The van der Waals surface area contributed by atoms with Gasteiger partial charge in [0, 0.05) is 5.75 Å². The van der Waals surface area contributed by atoms with Crippen LogP contribution in [0.1, 0.15) is 74.1 Å². The van der Waals surface area contributed by atoms with E-state index in [2.05, 4.69) is 48.5 Å². The van der Waals surface area contributed by atoms with Gasteiger partial charge in [-0.15, -0.1) is 0 Å². The lowest BCUT2D eigenvalue weighted by Gasteiger charge is -2.30. The van der Waals surface area contributed by atoms with Gasteiger partial charge in [-0.05, 0) is 41.9 Å². The third-order valence-corrected chi connectivity index (χ3v) is 5.89. The van der Waals surface area contributed by atoms with Gasteiger partial charge in [0.25, 0.3) is 0 Å². The van der Waals surface area contributed by atoms with Crippen molar-refractivity contribution in [3.05, 3.63) is 0 Å². The molecule has 0 bridgehead atoms. The predicted molar refractivity (Wildman–Crippen MR) is 93.7 cm³/mol. The molecule has 1 N–H and O–H groups in total. The van der Waals surface area contributed by atoms with Gasteiger partial charge in [0.15, 0.2) is 0 Å². The van der Waals surface area contributed by atoms with Gasteiger partial charge in [-0.25, -0.2) is 0 Å². The molecule has 4 heteroatoms. The van der Waals surface area contributed by atoms with E-state index in [0.29, 0.717) is 16.7 Å². The Kier molecular flexibility index (Phi) is 9.09. The second-order valence-electron chi connectivity index (χ2n) is 8.46. The summed E-state index contributed by atoms with van der Waals surface area (Å²) < 4.78 is 10.8. The highest BCUT2D eigenvalue weighted by molar-refractivity contribution is 8.50. The molecule has 0 spiro atoms. The molecule has 122 valence electrons. The van der Waals surface area contributed by atoms with Gasteiger partial charge in [-0.1, -0.05) is 66.3 Å². The molecule has 20 heavy (non-hydrogen) atoms. The average Bonchev–Trinajstić information content (AvgIpc) is 2.21. The molecule has 0 aliphatic heterocycles. The lowest BCUT2D eigenvalue weighted by atomic mass is 9.76. The Hall–Kier alpha value is 0.540. The van der Waals surface area contributed by atoms with Crippen LogP contribution in [0.3, 0.4) is 0 Å². The van der Waals surface area contributed by atoms with Gasteiger partial charge < -0.3 is 4.89 Å². The zero-order valence-corrected chi connectivity index (χ0v) is 16.3. The fraction of sp³-hybridized carbons (Fsp3) is 1.00. The second kappa shape index (κ2) is 8.86. The van der Waals surface area contributed by atoms with Crippen LogP contribution in [-0.2, 0) is 4.57 Å². The Balaban J connectivity index is 4.08. The first-order valence-corrected chi connectivity index (χ1v) is 10.8. The van der Waals surface area contributed by atoms with Crippen molar-refractivity contribution in [2.24, 2.45) is 22.7 Å². The molecular formula is C16H35O2PS. The van der Waals surface area contributed by atoms with Gasteiger partial charge in [-0.2, -0.15) is 0 Å². The van der Waals surface area contributed by atoms with Crippen molar-refractivity contribution in [2.45, 2.75) is 74.1 Å². The van der Waals surface area contributed by atoms with Crippen LogP contribution in [0.5, 0.6) is 0 Å². The van der Waals surface area contributed by atoms with Gasteiger partial charge in [0.2, 0.25) is 7.23 Å². The summed E-state index contributed by atoms with van der Waals surface area (Å²) in [6.07, 6.45) is 4.94. The molecule has 0 amide bonds. The van der Waals surface area contributed by atoms with Crippen molar-refractivity contribution in [3.8, 4) is 0 Å². The van der Waals surface area contributed by atoms with E-state index < -0.39 is 7.23 Å². The van der Waals surface area contributed by atoms with E-state index in [9.17, 15) is 4.57 Å². The van der Waals surface area contributed by atoms with Crippen LogP contribution in [0.15, 0.2) is 0 Å². The van der Waals surface area contributed by atoms with Crippen molar-refractivity contribution in [3.63, 3.8) is 0 Å². The zero-order valence-electron chi connectivity index (χ0n) is 14.5. The molecular weight excluding hydrogens is 287 g/mol. The number of hydrogen-bond donors (Lipinski definition) is 1. The fourth-order valence-corrected chi connectivity index (χ4v) is 4.93. The van der Waals surface area contributed by atoms with Crippen molar-refractivity contribution >= 4 is 18.6 Å². The second-order valence-corrected chi connectivity index (χ2v) is 11.5. The third kappa shape index (κ3) is 12.3. The first-order chi connectivity index (χ1) is 8.91. The van der Waals surface area contributed by atoms with Crippen molar-refractivity contribution in [1.82, 2.24) is 0 Å². The standard InChI is InChI=1S/C16H35O2PS/c1-13(10-15(3,4)5)8-9-16(6,7)11-14(2)12-20-19(17)18/h13-14,19H,8-12H2,1-7H3,(H,17,18). The van der Waals surface area contributed by atoms with Crippen LogP contribution in [0, 0.1) is 22.7 Å². The number of hydrogen-bond acceptors (Lipinski definition) is 2. The Morgan fingerprint density at radius 2 is 1.60 bits per heavy atom. The minimum absolute atomic E-state index is 0.331. The maximum Gasteiger partial charge on any atom is 0.243 e. The summed E-state index contributed by atoms with van der Waals surface area (Å²) in [7, 11) is -2.36. The Morgan fingerprint density at radius 1 is 1.05 bits per heavy atom. The summed E-state index contributed by atoms with van der Waals surface area (Å²) in [6.45, 7) is 16.2. The van der Waals surface area contributed by atoms with E-state index in [4.69, 9.17) is 4.89 Å². The van der Waals surface area contributed by atoms with E-state index in [1.807, 2.05) is 0 Å². The monoisotopic (exact) mass is 322 g/mol. The fourth-order valence-electron chi connectivity index (χ4n) is 3.10. The minimum Gasteiger partial charge on any atom is -0.339 e. The average molecular weight is 322 g/mol. The molecule has 3 atom stereocenters. The Bertz CT molecular complexity index is 297. The SMILES string of the molecule is CC(CCC(C)(C)CC(C)CS[PH](=O)O)CC(C)(C)C. The quantitative estimate of drug-likeness (QED) is 0.528. The third-order valence-electron chi connectivity index (χ3n) is 3.67. The molecule has 2 nitrogen and oxygen atoms in total. The van der Waals surface area contributed by atoms with E-state index in [-0.39, 0.29) is 0 Å². The van der Waals surface area contributed by atoms with E-state index >= 15 is 0 Å². The highest BCUT2D eigenvalue weighted by atomic mass is 32.7. The van der Waals surface area contributed by atoms with Crippen LogP contribution in [0.4, 0.5) is 0 Å². The molecule has 0 radical (unpaired) electrons. The first kappa shape index (κ1) is 20.5. The maximum atomic E-state index is 10.8. The summed E-state index contributed by atoms with van der Waals surface area (Å²) in [6, 6.07) is 0. The molecule has 0 fully saturated rings.